The van der Waals surface area contributed by atoms with Gasteiger partial charge in [0, 0.05) is 6.42 Å². The van der Waals surface area contributed by atoms with Crippen molar-refractivity contribution in [1.29, 1.82) is 0 Å². The zero-order valence-electron chi connectivity index (χ0n) is 34.0. The van der Waals surface area contributed by atoms with Crippen LogP contribution >= 0.6 is 7.82 Å². The van der Waals surface area contributed by atoms with Gasteiger partial charge in [0.05, 0.1) is 18.8 Å². The van der Waals surface area contributed by atoms with E-state index in [4.69, 9.17) is 9.05 Å². The van der Waals surface area contributed by atoms with E-state index in [9.17, 15) is 44.9 Å². The second kappa shape index (κ2) is 32.3. The minimum absolute atomic E-state index is 0.241. The van der Waals surface area contributed by atoms with Gasteiger partial charge < -0.3 is 40.8 Å². The molecule has 0 spiro atoms. The summed E-state index contributed by atoms with van der Waals surface area (Å²) in [5.41, 5.74) is 0. The average molecular weight is 796 g/mol. The van der Waals surface area contributed by atoms with E-state index < -0.39 is 63.2 Å². The van der Waals surface area contributed by atoms with Crippen molar-refractivity contribution < 1.29 is 53.9 Å². The molecule has 322 valence electrons. The van der Waals surface area contributed by atoms with Crippen molar-refractivity contribution in [2.75, 3.05) is 6.61 Å². The molecule has 9 atom stereocenters. The van der Waals surface area contributed by atoms with E-state index in [-0.39, 0.29) is 12.3 Å². The molecule has 0 aliphatic heterocycles. The third-order valence-electron chi connectivity index (χ3n) is 10.9. The number of carbonyl (C=O) groups is 1. The molecule has 12 nitrogen and oxygen atoms in total. The Hall–Kier alpha value is -0.660. The number of amides is 1. The van der Waals surface area contributed by atoms with Crippen LogP contribution in [-0.4, -0.2) is 96.8 Å². The van der Waals surface area contributed by atoms with Crippen LogP contribution in [0.4, 0.5) is 0 Å². The molecule has 0 aromatic heterocycles. The second-order valence-corrected chi connectivity index (χ2v) is 17.3. The average Bonchev–Trinajstić information content (AvgIpc) is 3.15. The van der Waals surface area contributed by atoms with Gasteiger partial charge in [-0.1, -0.05) is 181 Å². The summed E-state index contributed by atoms with van der Waals surface area (Å²) < 4.78 is 22.9. The third-order valence-corrected chi connectivity index (χ3v) is 11.9. The fourth-order valence-corrected chi connectivity index (χ4v) is 8.23. The van der Waals surface area contributed by atoms with Gasteiger partial charge in [-0.2, -0.15) is 0 Å². The highest BCUT2D eigenvalue weighted by Crippen LogP contribution is 2.47. The quantitative estimate of drug-likeness (QED) is 0.0230. The molecule has 54 heavy (non-hydrogen) atoms. The van der Waals surface area contributed by atoms with E-state index in [1.54, 1.807) is 0 Å². The van der Waals surface area contributed by atoms with Gasteiger partial charge in [-0.05, 0) is 12.8 Å². The standard InChI is InChI=1S/C41H82NO11P/c1-3-5-7-9-11-13-15-16-17-18-19-20-21-22-24-26-28-30-34(43)33(42-35(44)31-29-27-25-23-14-12-10-8-6-4-2)32-52-54(50,51)53-41-39(48)37(46)36(45)38(47)40(41)49/h33-34,36-41,43,45-49H,3-32H2,1-2H3,(H,42,44)(H,50,51)/t33-,34+,36?,37+,38?,39?,40?,41?/m0/s1. The molecule has 0 aromatic rings. The first-order valence-electron chi connectivity index (χ1n) is 22.0. The number of unbranched alkanes of at least 4 members (excludes halogenated alkanes) is 25. The number of phosphoric acid groups is 1. The molecule has 1 fully saturated rings. The summed E-state index contributed by atoms with van der Waals surface area (Å²) in [6, 6.07) is -1.02. The molecule has 0 radical (unpaired) electrons. The number of phosphoric ester groups is 1. The van der Waals surface area contributed by atoms with Crippen LogP contribution in [0.1, 0.15) is 200 Å². The lowest BCUT2D eigenvalue weighted by molar-refractivity contribution is -0.220. The summed E-state index contributed by atoms with van der Waals surface area (Å²) in [6.45, 7) is 3.87. The summed E-state index contributed by atoms with van der Waals surface area (Å²) in [5.74, 6) is -0.309. The molecule has 13 heteroatoms. The van der Waals surface area contributed by atoms with Gasteiger partial charge in [-0.25, -0.2) is 4.57 Å². The Morgan fingerprint density at radius 1 is 0.556 bits per heavy atom. The summed E-state index contributed by atoms with van der Waals surface area (Å²) in [5, 5.41) is 64.0. The lowest BCUT2D eigenvalue weighted by atomic mass is 9.85. The molecule has 1 saturated carbocycles. The zero-order valence-corrected chi connectivity index (χ0v) is 34.9. The highest BCUT2D eigenvalue weighted by molar-refractivity contribution is 7.47. The van der Waals surface area contributed by atoms with Crippen molar-refractivity contribution in [3.63, 3.8) is 0 Å². The van der Waals surface area contributed by atoms with Gasteiger partial charge in [-0.15, -0.1) is 0 Å². The predicted molar refractivity (Wildman–Crippen MR) is 214 cm³/mol. The van der Waals surface area contributed by atoms with Crippen LogP contribution in [0.5, 0.6) is 0 Å². The monoisotopic (exact) mass is 796 g/mol. The van der Waals surface area contributed by atoms with E-state index in [1.807, 2.05) is 0 Å². The zero-order chi connectivity index (χ0) is 40.0. The van der Waals surface area contributed by atoms with Crippen molar-refractivity contribution in [1.82, 2.24) is 5.32 Å². The van der Waals surface area contributed by atoms with Gasteiger partial charge in [-0.3, -0.25) is 13.8 Å². The number of aliphatic hydroxyl groups is 6. The van der Waals surface area contributed by atoms with E-state index >= 15 is 0 Å². The molecule has 1 rings (SSSR count). The summed E-state index contributed by atoms with van der Waals surface area (Å²) in [4.78, 5) is 23.3. The van der Waals surface area contributed by atoms with Crippen LogP contribution in [0.25, 0.3) is 0 Å². The summed E-state index contributed by atoms with van der Waals surface area (Å²) in [7, 11) is -5.04. The van der Waals surface area contributed by atoms with Gasteiger partial charge in [0.1, 0.15) is 36.6 Å². The predicted octanol–water partition coefficient (Wildman–Crippen LogP) is 7.51. The number of rotatable bonds is 36. The molecule has 1 aliphatic carbocycles. The fourth-order valence-electron chi connectivity index (χ4n) is 7.26. The lowest BCUT2D eigenvalue weighted by Crippen LogP contribution is -2.64. The molecule has 1 amide bonds. The maximum absolute atomic E-state index is 12.9. The van der Waals surface area contributed by atoms with E-state index in [1.165, 1.54) is 122 Å². The number of hydrogen-bond donors (Lipinski definition) is 8. The van der Waals surface area contributed by atoms with Crippen molar-refractivity contribution in [2.24, 2.45) is 0 Å². The largest absolute Gasteiger partial charge is 0.472 e. The smallest absolute Gasteiger partial charge is 0.391 e. The minimum atomic E-state index is -5.04. The molecule has 6 unspecified atom stereocenters. The van der Waals surface area contributed by atoms with E-state index in [0.29, 0.717) is 19.3 Å². The molecule has 1 aliphatic rings. The molecule has 0 saturated heterocycles. The highest BCUT2D eigenvalue weighted by atomic mass is 31.2. The Morgan fingerprint density at radius 2 is 0.889 bits per heavy atom. The topological polar surface area (TPSA) is 206 Å². The van der Waals surface area contributed by atoms with Crippen molar-refractivity contribution in [2.45, 2.75) is 249 Å². The highest BCUT2D eigenvalue weighted by Gasteiger charge is 2.51. The maximum Gasteiger partial charge on any atom is 0.472 e. The Kier molecular flexibility index (Phi) is 30.7. The van der Waals surface area contributed by atoms with Gasteiger partial charge in [0.15, 0.2) is 0 Å². The van der Waals surface area contributed by atoms with Crippen LogP contribution in [0.2, 0.25) is 0 Å². The fraction of sp³-hybridized carbons (Fsp3) is 0.976. The Labute approximate surface area is 327 Å². The van der Waals surface area contributed by atoms with Crippen LogP contribution in [-0.2, 0) is 18.4 Å². The summed E-state index contributed by atoms with van der Waals surface area (Å²) >= 11 is 0. The van der Waals surface area contributed by atoms with E-state index in [2.05, 4.69) is 19.2 Å². The molecule has 0 heterocycles. The molecule has 0 bridgehead atoms. The third kappa shape index (κ3) is 24.2. The first kappa shape index (κ1) is 51.4. The number of nitrogens with one attached hydrogen (secondary N) is 1. The molecule has 8 N–H and O–H groups in total. The van der Waals surface area contributed by atoms with Gasteiger partial charge in [0.2, 0.25) is 5.91 Å². The normalized spacial score (nSPS) is 23.9. The molecule has 0 aromatic carbocycles. The minimum Gasteiger partial charge on any atom is -0.391 e. The molecular weight excluding hydrogens is 713 g/mol. The van der Waals surface area contributed by atoms with Crippen molar-refractivity contribution >= 4 is 13.7 Å². The maximum atomic E-state index is 12.9. The van der Waals surface area contributed by atoms with Gasteiger partial charge in [0.25, 0.3) is 0 Å². The Bertz CT molecular complexity index is 931. The van der Waals surface area contributed by atoms with Crippen LogP contribution < -0.4 is 5.32 Å². The van der Waals surface area contributed by atoms with Crippen LogP contribution in [0, 0.1) is 0 Å². The second-order valence-electron chi connectivity index (χ2n) is 15.9. The SMILES string of the molecule is CCCCCCCCCCCCCCCCCCC[C@@H](O)[C@H](COP(=O)(O)OC1C(O)C(O)C(O)[C@@H](O)C1O)NC(=O)CCCCCCCCCCCC. The number of carbonyl (C=O) groups excluding carboxylic acids is 1. The van der Waals surface area contributed by atoms with Gasteiger partial charge >= 0.3 is 7.82 Å². The lowest BCUT2D eigenvalue weighted by Gasteiger charge is -2.41. The van der Waals surface area contributed by atoms with Crippen LogP contribution in [0.15, 0.2) is 0 Å². The number of aliphatic hydroxyl groups excluding tert-OH is 6. The van der Waals surface area contributed by atoms with Crippen molar-refractivity contribution in [3.8, 4) is 0 Å². The summed E-state index contributed by atoms with van der Waals surface area (Å²) in [6.07, 6.45) is 20.0. The molecular formula is C41H82NO11P. The Balaban J connectivity index is 2.47. The number of hydrogen-bond acceptors (Lipinski definition) is 10. The first-order chi connectivity index (χ1) is 25.9. The first-order valence-corrected chi connectivity index (χ1v) is 23.5. The Morgan fingerprint density at radius 3 is 1.28 bits per heavy atom. The van der Waals surface area contributed by atoms with Crippen molar-refractivity contribution in [3.05, 3.63) is 0 Å². The van der Waals surface area contributed by atoms with Crippen LogP contribution in [0.3, 0.4) is 0 Å². The van der Waals surface area contributed by atoms with E-state index in [0.717, 1.165) is 38.5 Å².